The number of carbonyl (C=O) groups excluding carboxylic acids is 1. The first-order valence-electron chi connectivity index (χ1n) is 9.48. The van der Waals surface area contributed by atoms with Gasteiger partial charge in [0.05, 0.1) is 6.10 Å². The number of fused-ring (bicyclic) bond motifs is 1. The number of ether oxygens (including phenoxy) is 2. The fourth-order valence-electron chi connectivity index (χ4n) is 3.74. The van der Waals surface area contributed by atoms with E-state index < -0.39 is 18.2 Å². The lowest BCUT2D eigenvalue weighted by atomic mass is 9.89. The maximum atomic E-state index is 12.1. The molecule has 1 aliphatic heterocycles. The molecule has 2 unspecified atom stereocenters. The number of cyclic esters (lactones) is 1. The number of aliphatic hydroxyl groups is 1. The molecule has 0 aromatic heterocycles. The molecule has 1 heterocycles. The first-order chi connectivity index (χ1) is 13.6. The maximum Gasteiger partial charge on any atom is 0.306 e. The lowest BCUT2D eigenvalue weighted by Gasteiger charge is -2.21. The predicted molar refractivity (Wildman–Crippen MR) is 106 cm³/mol. The van der Waals surface area contributed by atoms with Crippen LogP contribution in [0.1, 0.15) is 25.7 Å². The van der Waals surface area contributed by atoms with Crippen molar-refractivity contribution in [1.29, 1.82) is 0 Å². The molecule has 5 atom stereocenters. The molecule has 1 saturated carbocycles. The summed E-state index contributed by atoms with van der Waals surface area (Å²) in [6.45, 7) is 0.123. The first kappa shape index (κ1) is 20.6. The minimum absolute atomic E-state index is 0.0835. The van der Waals surface area contributed by atoms with Crippen LogP contribution in [0.15, 0.2) is 53.7 Å². The van der Waals surface area contributed by atoms with Crippen molar-refractivity contribution < 1.29 is 19.4 Å². The average molecular weight is 406 g/mol. The van der Waals surface area contributed by atoms with Crippen molar-refractivity contribution in [2.24, 2.45) is 17.0 Å². The molecule has 1 aromatic rings. The van der Waals surface area contributed by atoms with E-state index in [0.29, 0.717) is 30.0 Å². The minimum Gasteiger partial charge on any atom is -0.489 e. The van der Waals surface area contributed by atoms with E-state index >= 15 is 0 Å². The SMILES string of the molecule is O=N[C@@H]1C[C@H](O)C2C/C=C\CCC(=O)O[C@@H](COc3cccc(Cl)c3)/C=C/C21. The highest BCUT2D eigenvalue weighted by Gasteiger charge is 2.41. The number of rotatable bonds is 4. The zero-order chi connectivity index (χ0) is 19.9. The van der Waals surface area contributed by atoms with Gasteiger partial charge in [0.25, 0.3) is 0 Å². The van der Waals surface area contributed by atoms with E-state index in [-0.39, 0.29) is 30.8 Å². The van der Waals surface area contributed by atoms with Crippen LogP contribution in [0.4, 0.5) is 0 Å². The Bertz CT molecular complexity index is 750. The maximum absolute atomic E-state index is 12.1. The third-order valence-electron chi connectivity index (χ3n) is 5.18. The largest absolute Gasteiger partial charge is 0.489 e. The second-order valence-electron chi connectivity index (χ2n) is 7.14. The normalized spacial score (nSPS) is 32.9. The summed E-state index contributed by atoms with van der Waals surface area (Å²) in [5, 5.41) is 14.1. The third-order valence-corrected chi connectivity index (χ3v) is 5.42. The highest BCUT2D eigenvalue weighted by molar-refractivity contribution is 6.30. The van der Waals surface area contributed by atoms with Crippen LogP contribution in [0.2, 0.25) is 5.02 Å². The Balaban J connectivity index is 1.76. The molecule has 0 saturated heterocycles. The summed E-state index contributed by atoms with van der Waals surface area (Å²) < 4.78 is 11.3. The molecule has 0 radical (unpaired) electrons. The number of nitrogens with zero attached hydrogens (tertiary/aromatic N) is 1. The molecule has 1 aliphatic carbocycles. The molecule has 0 bridgehead atoms. The van der Waals surface area contributed by atoms with Crippen LogP contribution in [-0.4, -0.2) is 35.9 Å². The van der Waals surface area contributed by atoms with Gasteiger partial charge in [0.15, 0.2) is 6.10 Å². The summed E-state index contributed by atoms with van der Waals surface area (Å²) in [4.78, 5) is 23.3. The van der Waals surface area contributed by atoms with E-state index in [2.05, 4.69) is 5.18 Å². The van der Waals surface area contributed by atoms with Gasteiger partial charge >= 0.3 is 5.97 Å². The van der Waals surface area contributed by atoms with Crippen LogP contribution in [0.3, 0.4) is 0 Å². The predicted octanol–water partition coefficient (Wildman–Crippen LogP) is 4.06. The van der Waals surface area contributed by atoms with E-state index in [0.717, 1.165) is 0 Å². The fourth-order valence-corrected chi connectivity index (χ4v) is 3.92. The molecule has 28 heavy (non-hydrogen) atoms. The fraction of sp³-hybridized carbons (Fsp3) is 0.476. The molecule has 1 aromatic carbocycles. The number of hydrogen-bond acceptors (Lipinski definition) is 6. The van der Waals surface area contributed by atoms with Crippen molar-refractivity contribution in [3.63, 3.8) is 0 Å². The van der Waals surface area contributed by atoms with Crippen LogP contribution in [0.25, 0.3) is 0 Å². The smallest absolute Gasteiger partial charge is 0.306 e. The van der Waals surface area contributed by atoms with E-state index in [1.165, 1.54) is 0 Å². The average Bonchev–Trinajstić information content (AvgIpc) is 2.97. The van der Waals surface area contributed by atoms with E-state index in [4.69, 9.17) is 21.1 Å². The van der Waals surface area contributed by atoms with E-state index in [1.807, 2.05) is 18.2 Å². The van der Waals surface area contributed by atoms with Gasteiger partial charge in [-0.3, -0.25) is 4.79 Å². The molecule has 1 N–H and O–H groups in total. The van der Waals surface area contributed by atoms with Gasteiger partial charge in [-0.15, -0.1) is 0 Å². The molecule has 7 heteroatoms. The number of esters is 1. The van der Waals surface area contributed by atoms with E-state index in [9.17, 15) is 14.8 Å². The van der Waals surface area contributed by atoms with Crippen LogP contribution in [-0.2, 0) is 9.53 Å². The van der Waals surface area contributed by atoms with Gasteiger partial charge in [-0.2, -0.15) is 4.91 Å². The zero-order valence-electron chi connectivity index (χ0n) is 15.4. The third kappa shape index (κ3) is 5.42. The minimum atomic E-state index is -0.611. The Kier molecular flexibility index (Phi) is 7.23. The number of hydrogen-bond donors (Lipinski definition) is 1. The van der Waals surface area contributed by atoms with Crippen molar-refractivity contribution >= 4 is 17.6 Å². The Morgan fingerprint density at radius 2 is 2.14 bits per heavy atom. The van der Waals surface area contributed by atoms with Crippen LogP contribution >= 0.6 is 11.6 Å². The molecule has 6 nitrogen and oxygen atoms in total. The van der Waals surface area contributed by atoms with Gasteiger partial charge in [-0.1, -0.05) is 41.1 Å². The number of benzene rings is 1. The van der Waals surface area contributed by atoms with Crippen LogP contribution in [0, 0.1) is 16.7 Å². The summed E-state index contributed by atoms with van der Waals surface area (Å²) in [5.74, 6) is -0.0287. The van der Waals surface area contributed by atoms with Crippen molar-refractivity contribution in [2.45, 2.75) is 43.9 Å². The van der Waals surface area contributed by atoms with E-state index in [1.54, 1.807) is 30.3 Å². The number of nitroso groups, excluding NO2 is 1. The highest BCUT2D eigenvalue weighted by Crippen LogP contribution is 2.38. The summed E-state index contributed by atoms with van der Waals surface area (Å²) >= 11 is 5.97. The van der Waals surface area contributed by atoms with Crippen LogP contribution < -0.4 is 4.74 Å². The van der Waals surface area contributed by atoms with Crippen molar-refractivity contribution in [3.8, 4) is 5.75 Å². The van der Waals surface area contributed by atoms with Gasteiger partial charge in [0.2, 0.25) is 0 Å². The Morgan fingerprint density at radius 3 is 2.93 bits per heavy atom. The molecule has 1 fully saturated rings. The molecular formula is C21H24ClNO5. The first-order valence-corrected chi connectivity index (χ1v) is 9.86. The zero-order valence-corrected chi connectivity index (χ0v) is 16.2. The monoisotopic (exact) mass is 405 g/mol. The van der Waals surface area contributed by atoms with Crippen molar-refractivity contribution in [2.75, 3.05) is 6.61 Å². The van der Waals surface area contributed by atoms with Gasteiger partial charge in [0.1, 0.15) is 18.4 Å². The Morgan fingerprint density at radius 1 is 1.29 bits per heavy atom. The summed E-state index contributed by atoms with van der Waals surface area (Å²) in [6.07, 6.45) is 8.08. The number of aliphatic hydroxyl groups excluding tert-OH is 1. The molecular weight excluding hydrogens is 382 g/mol. The lowest BCUT2D eigenvalue weighted by Crippen LogP contribution is -2.25. The molecule has 150 valence electrons. The number of halogens is 1. The number of carbonyl (C=O) groups is 1. The van der Waals surface area contributed by atoms with Crippen molar-refractivity contribution in [3.05, 3.63) is 58.5 Å². The quantitative estimate of drug-likeness (QED) is 0.464. The molecule has 0 amide bonds. The topological polar surface area (TPSA) is 85.2 Å². The summed E-state index contributed by atoms with van der Waals surface area (Å²) in [7, 11) is 0. The molecule has 0 spiro atoms. The molecule has 3 rings (SSSR count). The standard InChI is InChI=1S/C21H24ClNO5/c22-14-5-4-6-15(11-14)27-13-16-9-10-17-18(20(24)12-19(17)23-26)7-2-1-3-8-21(25)28-16/h1-2,4-6,9-11,16-20,24H,3,7-8,12-13H2/b2-1-,10-9+/t16-,17?,18?,19-,20+/m1/s1. The molecule has 2 aliphatic rings. The lowest BCUT2D eigenvalue weighted by molar-refractivity contribution is -0.148. The second-order valence-corrected chi connectivity index (χ2v) is 7.58. The van der Waals surface area contributed by atoms with Gasteiger partial charge < -0.3 is 14.6 Å². The Labute approximate surface area is 169 Å². The Hall–Kier alpha value is -2.18. The van der Waals surface area contributed by atoms with Gasteiger partial charge in [-0.05, 0) is 49.5 Å². The summed E-state index contributed by atoms with van der Waals surface area (Å²) in [5.41, 5.74) is 0. The summed E-state index contributed by atoms with van der Waals surface area (Å²) in [6, 6.07) is 6.49. The van der Waals surface area contributed by atoms with Crippen molar-refractivity contribution in [1.82, 2.24) is 0 Å². The highest BCUT2D eigenvalue weighted by atomic mass is 35.5. The van der Waals surface area contributed by atoms with Gasteiger partial charge in [-0.25, -0.2) is 0 Å². The number of allylic oxidation sites excluding steroid dienone is 2. The van der Waals surface area contributed by atoms with Crippen LogP contribution in [0.5, 0.6) is 5.75 Å². The second kappa shape index (κ2) is 9.85. The van der Waals surface area contributed by atoms with Gasteiger partial charge in [0, 0.05) is 17.4 Å².